The normalized spacial score (nSPS) is 13.2. The molecule has 0 aliphatic carbocycles. The fraction of sp³-hybridized carbons (Fsp3) is 0. The van der Waals surface area contributed by atoms with Crippen LogP contribution in [0.15, 0.2) is 84.9 Å². The van der Waals surface area contributed by atoms with E-state index in [4.69, 9.17) is 9.31 Å². The Bertz CT molecular complexity index is 804. The van der Waals surface area contributed by atoms with Crippen molar-refractivity contribution in [2.24, 2.45) is 0 Å². The van der Waals surface area contributed by atoms with Crippen molar-refractivity contribution in [3.63, 3.8) is 0 Å². The monoisotopic (exact) mass is 298 g/mol. The lowest BCUT2D eigenvalue weighted by Crippen LogP contribution is -2.26. The minimum absolute atomic E-state index is 0.435. The first-order chi connectivity index (χ1) is 11.4. The fourth-order valence-electron chi connectivity index (χ4n) is 2.67. The first-order valence-electron chi connectivity index (χ1n) is 7.64. The molecule has 0 N–H and O–H groups in total. The molecule has 0 saturated carbocycles. The first-order valence-corrected chi connectivity index (χ1v) is 7.64. The summed E-state index contributed by atoms with van der Waals surface area (Å²) in [4.78, 5) is 0. The van der Waals surface area contributed by atoms with Gasteiger partial charge in [0, 0.05) is 5.47 Å². The smallest absolute Gasteiger partial charge is 0.519 e. The van der Waals surface area contributed by atoms with E-state index >= 15 is 0 Å². The number of hydrogen-bond acceptors (Lipinski definition) is 2. The average molecular weight is 298 g/mol. The lowest BCUT2D eigenvalue weighted by molar-refractivity contribution is 0.520. The Morgan fingerprint density at radius 1 is 0.652 bits per heavy atom. The molecule has 3 aromatic rings. The van der Waals surface area contributed by atoms with Crippen LogP contribution in [0.4, 0.5) is 0 Å². The van der Waals surface area contributed by atoms with Crippen LogP contribution in [0.5, 0.6) is 11.5 Å². The van der Waals surface area contributed by atoms with Crippen molar-refractivity contribution in [3.8, 4) is 11.5 Å². The largest absolute Gasteiger partial charge is 0.633 e. The van der Waals surface area contributed by atoms with Gasteiger partial charge < -0.3 is 9.31 Å². The van der Waals surface area contributed by atoms with Crippen molar-refractivity contribution in [1.29, 1.82) is 0 Å². The molecule has 110 valence electrons. The van der Waals surface area contributed by atoms with E-state index < -0.39 is 7.12 Å². The van der Waals surface area contributed by atoms with Crippen LogP contribution in [0.3, 0.4) is 0 Å². The van der Waals surface area contributed by atoms with Gasteiger partial charge in [-0.2, -0.15) is 0 Å². The quantitative estimate of drug-likeness (QED) is 0.514. The minimum atomic E-state index is -0.435. The summed E-state index contributed by atoms with van der Waals surface area (Å²) in [5.41, 5.74) is 3.22. The fourth-order valence-corrected chi connectivity index (χ4v) is 2.67. The molecule has 0 fully saturated rings. The first kappa shape index (κ1) is 13.7. The summed E-state index contributed by atoms with van der Waals surface area (Å²) in [6.45, 7) is 0. The summed E-state index contributed by atoms with van der Waals surface area (Å²) in [5, 5.41) is 0. The van der Waals surface area contributed by atoms with E-state index in [1.165, 1.54) is 0 Å². The van der Waals surface area contributed by atoms with Crippen LogP contribution in [-0.4, -0.2) is 7.12 Å². The Morgan fingerprint density at radius 3 is 1.78 bits per heavy atom. The van der Waals surface area contributed by atoms with Gasteiger partial charge in [-0.15, -0.1) is 0 Å². The molecular weight excluding hydrogens is 283 g/mol. The lowest BCUT2D eigenvalue weighted by Gasteiger charge is -2.10. The summed E-state index contributed by atoms with van der Waals surface area (Å²) < 4.78 is 12.0. The third-order valence-electron chi connectivity index (χ3n) is 3.80. The molecule has 0 aromatic heterocycles. The zero-order valence-corrected chi connectivity index (χ0v) is 12.6. The molecular formula is C20H15BO2. The molecule has 0 radical (unpaired) electrons. The van der Waals surface area contributed by atoms with Gasteiger partial charge in [0.15, 0.2) is 0 Å². The zero-order valence-electron chi connectivity index (χ0n) is 12.6. The number of fused-ring (bicyclic) bond motifs is 1. The molecule has 4 rings (SSSR count). The van der Waals surface area contributed by atoms with Gasteiger partial charge in [-0.25, -0.2) is 0 Å². The van der Waals surface area contributed by atoms with Gasteiger partial charge in [-0.3, -0.25) is 0 Å². The molecule has 0 atom stereocenters. The molecule has 3 aromatic carbocycles. The van der Waals surface area contributed by atoms with E-state index in [-0.39, 0.29) is 0 Å². The summed E-state index contributed by atoms with van der Waals surface area (Å²) in [7, 11) is -0.435. The van der Waals surface area contributed by atoms with Crippen LogP contribution < -0.4 is 9.31 Å². The summed E-state index contributed by atoms with van der Waals surface area (Å²) in [6, 6.07) is 28.2. The lowest BCUT2D eigenvalue weighted by atomic mass is 9.73. The van der Waals surface area contributed by atoms with Crippen molar-refractivity contribution in [2.75, 3.05) is 0 Å². The Labute approximate surface area is 136 Å². The predicted molar refractivity (Wildman–Crippen MR) is 94.2 cm³/mol. The Morgan fingerprint density at radius 2 is 1.17 bits per heavy atom. The zero-order chi connectivity index (χ0) is 15.5. The predicted octanol–water partition coefficient (Wildman–Crippen LogP) is 4.73. The highest BCUT2D eigenvalue weighted by molar-refractivity contribution is 6.71. The summed E-state index contributed by atoms with van der Waals surface area (Å²) in [6.07, 6.45) is 2.12. The summed E-state index contributed by atoms with van der Waals surface area (Å²) in [5.74, 6) is 1.57. The molecule has 0 unspecified atom stereocenters. The molecule has 1 heterocycles. The van der Waals surface area contributed by atoms with E-state index in [2.05, 4.69) is 30.3 Å². The molecule has 0 amide bonds. The molecule has 3 heteroatoms. The van der Waals surface area contributed by atoms with Crippen LogP contribution in [0, 0.1) is 0 Å². The third-order valence-corrected chi connectivity index (χ3v) is 3.80. The average Bonchev–Trinajstić information content (AvgIpc) is 3.05. The Kier molecular flexibility index (Phi) is 3.61. The number of para-hydroxylation sites is 2. The maximum atomic E-state index is 6.01. The van der Waals surface area contributed by atoms with Gasteiger partial charge in [0.2, 0.25) is 0 Å². The molecule has 23 heavy (non-hydrogen) atoms. The second kappa shape index (κ2) is 6.05. The highest BCUT2D eigenvalue weighted by Gasteiger charge is 2.36. The van der Waals surface area contributed by atoms with Crippen molar-refractivity contribution in [3.05, 3.63) is 96.1 Å². The van der Waals surface area contributed by atoms with Crippen LogP contribution in [-0.2, 0) is 0 Å². The highest BCUT2D eigenvalue weighted by atomic mass is 16.6. The molecule has 0 spiro atoms. The van der Waals surface area contributed by atoms with Crippen LogP contribution in [0.2, 0.25) is 0 Å². The van der Waals surface area contributed by atoms with Gasteiger partial charge in [0.1, 0.15) is 11.5 Å². The topological polar surface area (TPSA) is 18.5 Å². The molecule has 1 aliphatic rings. The summed E-state index contributed by atoms with van der Waals surface area (Å²) >= 11 is 0. The van der Waals surface area contributed by atoms with Gasteiger partial charge in [-0.05, 0) is 23.3 Å². The molecule has 0 saturated heterocycles. The van der Waals surface area contributed by atoms with E-state index in [0.29, 0.717) is 0 Å². The SMILES string of the molecule is C(=C(\B1Oc2ccccc2O1)c1ccccc1)/c1ccccc1. The Balaban J connectivity index is 1.74. The number of hydrogen-bond donors (Lipinski definition) is 0. The molecule has 2 nitrogen and oxygen atoms in total. The van der Waals surface area contributed by atoms with Crippen molar-refractivity contribution >= 4 is 18.7 Å². The van der Waals surface area contributed by atoms with E-state index in [9.17, 15) is 0 Å². The standard InChI is InChI=1S/C20H15BO2/c1-3-9-16(10-4-1)15-18(17-11-5-2-6-12-17)21-22-19-13-7-8-14-20(19)23-21/h1-15H/b18-15+. The van der Waals surface area contributed by atoms with E-state index in [0.717, 1.165) is 28.1 Å². The van der Waals surface area contributed by atoms with Crippen LogP contribution in [0.1, 0.15) is 11.1 Å². The second-order valence-electron chi connectivity index (χ2n) is 5.39. The molecule has 0 bridgehead atoms. The third kappa shape index (κ3) is 2.86. The van der Waals surface area contributed by atoms with E-state index in [1.807, 2.05) is 60.7 Å². The second-order valence-corrected chi connectivity index (χ2v) is 5.39. The highest BCUT2D eigenvalue weighted by Crippen LogP contribution is 2.36. The van der Waals surface area contributed by atoms with Gasteiger partial charge in [0.25, 0.3) is 0 Å². The van der Waals surface area contributed by atoms with Gasteiger partial charge in [0.05, 0.1) is 0 Å². The maximum Gasteiger partial charge on any atom is 0.633 e. The van der Waals surface area contributed by atoms with Crippen molar-refractivity contribution in [1.82, 2.24) is 0 Å². The van der Waals surface area contributed by atoms with Gasteiger partial charge >= 0.3 is 7.12 Å². The Hall–Kier alpha value is -2.94. The molecule has 1 aliphatic heterocycles. The number of benzene rings is 3. The minimum Gasteiger partial charge on any atom is -0.519 e. The van der Waals surface area contributed by atoms with E-state index in [1.54, 1.807) is 0 Å². The number of rotatable bonds is 3. The van der Waals surface area contributed by atoms with Gasteiger partial charge in [-0.1, -0.05) is 78.9 Å². The maximum absolute atomic E-state index is 6.01. The van der Waals surface area contributed by atoms with Crippen LogP contribution in [0.25, 0.3) is 11.5 Å². The van der Waals surface area contributed by atoms with Crippen molar-refractivity contribution in [2.45, 2.75) is 0 Å². The van der Waals surface area contributed by atoms with Crippen molar-refractivity contribution < 1.29 is 9.31 Å². The van der Waals surface area contributed by atoms with Crippen LogP contribution >= 0.6 is 0 Å².